The summed E-state index contributed by atoms with van der Waals surface area (Å²) in [6.45, 7) is 5.55. The van der Waals surface area contributed by atoms with Crippen molar-refractivity contribution in [3.05, 3.63) is 0 Å². The number of nitrogens with zero attached hydrogens (tertiary/aromatic N) is 1. The van der Waals surface area contributed by atoms with Gasteiger partial charge in [0.1, 0.15) is 0 Å². The lowest BCUT2D eigenvalue weighted by molar-refractivity contribution is 0.165. The summed E-state index contributed by atoms with van der Waals surface area (Å²) in [6.07, 6.45) is 3.59. The van der Waals surface area contributed by atoms with Crippen LogP contribution in [0.2, 0.25) is 0 Å². The van der Waals surface area contributed by atoms with E-state index >= 15 is 0 Å². The average molecular weight is 184 g/mol. The van der Waals surface area contributed by atoms with E-state index in [2.05, 4.69) is 10.2 Å². The molecule has 2 atom stereocenters. The second-order valence-electron chi connectivity index (χ2n) is 4.41. The van der Waals surface area contributed by atoms with Gasteiger partial charge < -0.3 is 15.3 Å². The number of hydrogen-bond donors (Lipinski definition) is 2. The molecular weight excluding hydrogens is 164 g/mol. The molecule has 0 spiro atoms. The Bertz CT molecular complexity index is 154. The molecule has 0 bridgehead atoms. The van der Waals surface area contributed by atoms with Gasteiger partial charge in [-0.25, -0.2) is 0 Å². The van der Waals surface area contributed by atoms with Gasteiger partial charge in [-0.05, 0) is 38.3 Å². The van der Waals surface area contributed by atoms with Crippen molar-refractivity contribution in [3.63, 3.8) is 0 Å². The Kier molecular flexibility index (Phi) is 3.19. The number of nitrogens with one attached hydrogen (secondary N) is 1. The molecule has 0 saturated carbocycles. The van der Waals surface area contributed by atoms with Crippen LogP contribution in [0.15, 0.2) is 0 Å². The highest BCUT2D eigenvalue weighted by Gasteiger charge is 2.23. The summed E-state index contributed by atoms with van der Waals surface area (Å²) in [7, 11) is 0. The molecule has 2 rings (SSSR count). The minimum atomic E-state index is -0.0588. The third-order valence-electron chi connectivity index (χ3n) is 3.16. The van der Waals surface area contributed by atoms with Crippen LogP contribution in [-0.2, 0) is 0 Å². The van der Waals surface area contributed by atoms with E-state index in [0.717, 1.165) is 25.4 Å². The van der Waals surface area contributed by atoms with E-state index in [4.69, 9.17) is 0 Å². The number of hydrogen-bond acceptors (Lipinski definition) is 3. The maximum atomic E-state index is 9.37. The monoisotopic (exact) mass is 184 g/mol. The molecule has 2 aliphatic heterocycles. The summed E-state index contributed by atoms with van der Waals surface area (Å²) >= 11 is 0. The Labute approximate surface area is 80.1 Å². The molecule has 13 heavy (non-hydrogen) atoms. The van der Waals surface area contributed by atoms with Crippen molar-refractivity contribution in [1.82, 2.24) is 10.2 Å². The second-order valence-corrected chi connectivity index (χ2v) is 4.41. The molecule has 0 aliphatic carbocycles. The lowest BCUT2D eigenvalue weighted by Crippen LogP contribution is -2.37. The molecule has 76 valence electrons. The van der Waals surface area contributed by atoms with E-state index < -0.39 is 0 Å². The first-order valence-corrected chi connectivity index (χ1v) is 5.46. The molecule has 0 aromatic heterocycles. The Morgan fingerprint density at radius 3 is 2.92 bits per heavy atom. The first kappa shape index (κ1) is 9.44. The maximum absolute atomic E-state index is 9.37. The summed E-state index contributed by atoms with van der Waals surface area (Å²) in [5.41, 5.74) is 0. The van der Waals surface area contributed by atoms with Crippen LogP contribution in [0.5, 0.6) is 0 Å². The van der Waals surface area contributed by atoms with Crippen LogP contribution in [0.4, 0.5) is 0 Å². The van der Waals surface area contributed by atoms with Crippen molar-refractivity contribution < 1.29 is 5.11 Å². The number of β-amino-alcohol motifs (C(OH)–C–C–N with tert-alkyl or cyclic N) is 1. The fourth-order valence-electron chi connectivity index (χ4n) is 2.42. The second kappa shape index (κ2) is 4.40. The standard InChI is InChI=1S/C10H20N2O/c13-10-3-5-12(8-10)7-9-2-1-4-11-6-9/h9-11,13H,1-8H2/t9-,10-/m1/s1. The lowest BCUT2D eigenvalue weighted by atomic mass is 9.99. The van der Waals surface area contributed by atoms with Gasteiger partial charge in [-0.15, -0.1) is 0 Å². The van der Waals surface area contributed by atoms with Crippen LogP contribution < -0.4 is 5.32 Å². The van der Waals surface area contributed by atoms with E-state index in [9.17, 15) is 5.11 Å². The van der Waals surface area contributed by atoms with Gasteiger partial charge in [-0.2, -0.15) is 0 Å². The molecule has 0 amide bonds. The van der Waals surface area contributed by atoms with Crippen molar-refractivity contribution in [2.75, 3.05) is 32.7 Å². The zero-order valence-electron chi connectivity index (χ0n) is 8.21. The summed E-state index contributed by atoms with van der Waals surface area (Å²) < 4.78 is 0. The quantitative estimate of drug-likeness (QED) is 0.636. The Hall–Kier alpha value is -0.120. The molecule has 2 aliphatic rings. The number of aliphatic hydroxyl groups is 1. The third kappa shape index (κ3) is 2.66. The van der Waals surface area contributed by atoms with Gasteiger partial charge in [-0.3, -0.25) is 0 Å². The normalized spacial score (nSPS) is 36.7. The maximum Gasteiger partial charge on any atom is 0.0679 e. The molecule has 2 fully saturated rings. The highest BCUT2D eigenvalue weighted by atomic mass is 16.3. The van der Waals surface area contributed by atoms with Crippen molar-refractivity contribution in [2.24, 2.45) is 5.92 Å². The molecule has 0 unspecified atom stereocenters. The Morgan fingerprint density at radius 1 is 1.38 bits per heavy atom. The zero-order valence-corrected chi connectivity index (χ0v) is 8.21. The van der Waals surface area contributed by atoms with E-state index in [1.54, 1.807) is 0 Å². The van der Waals surface area contributed by atoms with Crippen molar-refractivity contribution >= 4 is 0 Å². The summed E-state index contributed by atoms with van der Waals surface area (Å²) in [4.78, 5) is 2.41. The van der Waals surface area contributed by atoms with Gasteiger partial charge in [0, 0.05) is 19.6 Å². The molecular formula is C10H20N2O. The van der Waals surface area contributed by atoms with Gasteiger partial charge >= 0.3 is 0 Å². The van der Waals surface area contributed by atoms with Crippen LogP contribution in [0.3, 0.4) is 0 Å². The van der Waals surface area contributed by atoms with Gasteiger partial charge in [0.15, 0.2) is 0 Å². The fraction of sp³-hybridized carbons (Fsp3) is 1.00. The van der Waals surface area contributed by atoms with Crippen LogP contribution in [-0.4, -0.2) is 48.8 Å². The highest BCUT2D eigenvalue weighted by Crippen LogP contribution is 2.15. The van der Waals surface area contributed by atoms with E-state index in [0.29, 0.717) is 0 Å². The average Bonchev–Trinajstić information content (AvgIpc) is 2.53. The number of piperidine rings is 1. The number of rotatable bonds is 2. The lowest BCUT2D eigenvalue weighted by Gasteiger charge is -2.27. The van der Waals surface area contributed by atoms with Crippen LogP contribution in [0.1, 0.15) is 19.3 Å². The molecule has 2 N–H and O–H groups in total. The summed E-state index contributed by atoms with van der Waals surface area (Å²) in [6, 6.07) is 0. The van der Waals surface area contributed by atoms with Crippen molar-refractivity contribution in [2.45, 2.75) is 25.4 Å². The molecule has 3 nitrogen and oxygen atoms in total. The first-order chi connectivity index (χ1) is 6.34. The molecule has 0 aromatic carbocycles. The molecule has 0 radical (unpaired) electrons. The van der Waals surface area contributed by atoms with Crippen molar-refractivity contribution in [1.29, 1.82) is 0 Å². The van der Waals surface area contributed by atoms with E-state index in [1.807, 2.05) is 0 Å². The van der Waals surface area contributed by atoms with Crippen LogP contribution >= 0.6 is 0 Å². The smallest absolute Gasteiger partial charge is 0.0679 e. The number of likely N-dealkylation sites (tertiary alicyclic amines) is 1. The SMILES string of the molecule is O[C@@H]1CCN(C[C@@H]2CCCNC2)C1. The van der Waals surface area contributed by atoms with Crippen LogP contribution in [0.25, 0.3) is 0 Å². The minimum Gasteiger partial charge on any atom is -0.392 e. The first-order valence-electron chi connectivity index (χ1n) is 5.46. The van der Waals surface area contributed by atoms with Gasteiger partial charge in [0.2, 0.25) is 0 Å². The van der Waals surface area contributed by atoms with Gasteiger partial charge in [0.25, 0.3) is 0 Å². The summed E-state index contributed by atoms with van der Waals surface area (Å²) in [5.74, 6) is 0.819. The van der Waals surface area contributed by atoms with Crippen LogP contribution in [0, 0.1) is 5.92 Å². The van der Waals surface area contributed by atoms with E-state index in [-0.39, 0.29) is 6.10 Å². The molecule has 0 aromatic rings. The van der Waals surface area contributed by atoms with Gasteiger partial charge in [0.05, 0.1) is 6.10 Å². The Morgan fingerprint density at radius 2 is 2.31 bits per heavy atom. The number of aliphatic hydroxyl groups excluding tert-OH is 1. The predicted molar refractivity (Wildman–Crippen MR) is 52.7 cm³/mol. The Balaban J connectivity index is 1.71. The zero-order chi connectivity index (χ0) is 9.10. The third-order valence-corrected chi connectivity index (χ3v) is 3.16. The topological polar surface area (TPSA) is 35.5 Å². The summed E-state index contributed by atoms with van der Waals surface area (Å²) in [5, 5.41) is 12.8. The minimum absolute atomic E-state index is 0.0588. The van der Waals surface area contributed by atoms with E-state index in [1.165, 1.54) is 32.5 Å². The molecule has 2 heterocycles. The predicted octanol–water partition coefficient (Wildman–Crippen LogP) is 0.0526. The fourth-order valence-corrected chi connectivity index (χ4v) is 2.42. The van der Waals surface area contributed by atoms with Gasteiger partial charge in [-0.1, -0.05) is 0 Å². The highest BCUT2D eigenvalue weighted by molar-refractivity contribution is 4.79. The largest absolute Gasteiger partial charge is 0.392 e. The van der Waals surface area contributed by atoms with Crippen molar-refractivity contribution in [3.8, 4) is 0 Å². The molecule has 2 saturated heterocycles. The molecule has 3 heteroatoms.